The summed E-state index contributed by atoms with van der Waals surface area (Å²) in [5, 5.41) is 8.12. The summed E-state index contributed by atoms with van der Waals surface area (Å²) >= 11 is 0. The molecule has 24 heavy (non-hydrogen) atoms. The smallest absolute Gasteiger partial charge is 0.00137 e. The normalized spacial score (nSPS) is 12.3. The molecule has 0 saturated carbocycles. The van der Waals surface area contributed by atoms with E-state index in [0.29, 0.717) is 0 Å². The molecule has 0 heteroatoms. The maximum absolute atomic E-state index is 3.99. The quantitative estimate of drug-likeness (QED) is 0.291. The largest absolute Gasteiger partial charge is 0.0984 e. The third kappa shape index (κ3) is 1.27. The molecule has 0 nitrogen and oxygen atoms in total. The predicted octanol–water partition coefficient (Wildman–Crippen LogP) is 6.87. The highest BCUT2D eigenvalue weighted by molar-refractivity contribution is 6.32. The van der Waals surface area contributed by atoms with Gasteiger partial charge < -0.3 is 0 Å². The molecule has 5 aromatic carbocycles. The van der Waals surface area contributed by atoms with Gasteiger partial charge in [-0.1, -0.05) is 73.3 Å². The summed E-state index contributed by atoms with van der Waals surface area (Å²) in [6.45, 7) is 3.99. The summed E-state index contributed by atoms with van der Waals surface area (Å²) < 4.78 is 0. The van der Waals surface area contributed by atoms with Crippen molar-refractivity contribution in [3.63, 3.8) is 0 Å². The van der Waals surface area contributed by atoms with Crippen LogP contribution in [0.15, 0.2) is 73.3 Å². The average molecular weight is 302 g/mol. The molecular formula is C24H14. The first-order chi connectivity index (χ1) is 11.9. The summed E-state index contributed by atoms with van der Waals surface area (Å²) in [6.07, 6.45) is 1.96. The molecule has 1 aliphatic carbocycles. The van der Waals surface area contributed by atoms with Crippen LogP contribution in [0.25, 0.3) is 60.6 Å². The lowest BCUT2D eigenvalue weighted by atomic mass is 9.89. The molecule has 0 N–H and O–H groups in total. The number of hydrogen-bond donors (Lipinski definition) is 0. The van der Waals surface area contributed by atoms with E-state index in [1.54, 1.807) is 0 Å². The van der Waals surface area contributed by atoms with Gasteiger partial charge in [-0.2, -0.15) is 0 Å². The second-order valence-electron chi connectivity index (χ2n) is 6.63. The van der Waals surface area contributed by atoms with Gasteiger partial charge in [0.05, 0.1) is 0 Å². The Balaban J connectivity index is 1.98. The molecular weight excluding hydrogens is 288 g/mol. The molecule has 6 rings (SSSR count). The van der Waals surface area contributed by atoms with E-state index in [4.69, 9.17) is 0 Å². The van der Waals surface area contributed by atoms with Crippen LogP contribution in [0.3, 0.4) is 0 Å². The highest BCUT2D eigenvalue weighted by Gasteiger charge is 2.24. The van der Waals surface area contributed by atoms with Gasteiger partial charge in [-0.15, -0.1) is 0 Å². The van der Waals surface area contributed by atoms with E-state index < -0.39 is 0 Å². The molecule has 0 atom stereocenters. The predicted molar refractivity (Wildman–Crippen MR) is 105 cm³/mol. The first-order valence-electron chi connectivity index (χ1n) is 8.33. The first-order valence-corrected chi connectivity index (χ1v) is 8.33. The molecule has 0 bridgehead atoms. The van der Waals surface area contributed by atoms with Gasteiger partial charge in [0.1, 0.15) is 0 Å². The third-order valence-electron chi connectivity index (χ3n) is 5.53. The highest BCUT2D eigenvalue weighted by Crippen LogP contribution is 2.51. The zero-order chi connectivity index (χ0) is 15.8. The Hall–Kier alpha value is -3.12. The monoisotopic (exact) mass is 302 g/mol. The third-order valence-corrected chi connectivity index (χ3v) is 5.53. The van der Waals surface area contributed by atoms with E-state index in [1.165, 1.54) is 60.1 Å². The molecule has 0 radical (unpaired) electrons. The van der Waals surface area contributed by atoms with E-state index in [9.17, 15) is 0 Å². The van der Waals surface area contributed by atoms with Crippen LogP contribution in [0.4, 0.5) is 0 Å². The van der Waals surface area contributed by atoms with Crippen LogP contribution >= 0.6 is 0 Å². The molecule has 0 aliphatic heterocycles. The SMILES string of the molecule is C=Cc1ccc2cc3c4c(ccc5ccc1c2c54)-c1ccccc1-3. The van der Waals surface area contributed by atoms with Gasteiger partial charge in [0, 0.05) is 0 Å². The summed E-state index contributed by atoms with van der Waals surface area (Å²) in [4.78, 5) is 0. The van der Waals surface area contributed by atoms with Crippen molar-refractivity contribution in [1.29, 1.82) is 0 Å². The van der Waals surface area contributed by atoms with Crippen LogP contribution in [0.1, 0.15) is 5.56 Å². The van der Waals surface area contributed by atoms with Crippen LogP contribution in [-0.2, 0) is 0 Å². The topological polar surface area (TPSA) is 0 Å². The zero-order valence-electron chi connectivity index (χ0n) is 13.1. The molecule has 0 unspecified atom stereocenters. The van der Waals surface area contributed by atoms with Crippen molar-refractivity contribution in [1.82, 2.24) is 0 Å². The standard InChI is InChI=1S/C24H14/c1-2-14-7-8-16-13-21-19-6-4-3-5-18(19)20-12-10-15-9-11-17(14)22(16)23(15)24(20)21/h2-13H,1H2. The van der Waals surface area contributed by atoms with Gasteiger partial charge in [0.15, 0.2) is 0 Å². The maximum atomic E-state index is 3.99. The second-order valence-corrected chi connectivity index (χ2v) is 6.63. The van der Waals surface area contributed by atoms with Gasteiger partial charge in [-0.05, 0) is 66.2 Å². The minimum Gasteiger partial charge on any atom is -0.0984 e. The molecule has 1 aliphatic rings. The molecule has 0 aromatic heterocycles. The molecule has 0 heterocycles. The first kappa shape index (κ1) is 12.3. The fourth-order valence-electron chi connectivity index (χ4n) is 4.51. The van der Waals surface area contributed by atoms with Crippen molar-refractivity contribution in [3.05, 3.63) is 78.9 Å². The molecule has 5 aromatic rings. The van der Waals surface area contributed by atoms with E-state index in [-0.39, 0.29) is 0 Å². The Morgan fingerprint density at radius 2 is 1.33 bits per heavy atom. The summed E-state index contributed by atoms with van der Waals surface area (Å²) in [5.74, 6) is 0. The lowest BCUT2D eigenvalue weighted by molar-refractivity contribution is 1.70. The highest BCUT2D eigenvalue weighted by atomic mass is 14.3. The van der Waals surface area contributed by atoms with Crippen LogP contribution in [-0.4, -0.2) is 0 Å². The maximum Gasteiger partial charge on any atom is -0.00137 e. The van der Waals surface area contributed by atoms with Crippen LogP contribution in [0, 0.1) is 0 Å². The van der Waals surface area contributed by atoms with Crippen molar-refractivity contribution < 1.29 is 0 Å². The lowest BCUT2D eigenvalue weighted by Gasteiger charge is -2.14. The van der Waals surface area contributed by atoms with Gasteiger partial charge >= 0.3 is 0 Å². The van der Waals surface area contributed by atoms with Crippen molar-refractivity contribution in [3.8, 4) is 22.3 Å². The number of benzene rings is 5. The lowest BCUT2D eigenvalue weighted by Crippen LogP contribution is -1.87. The molecule has 0 spiro atoms. The van der Waals surface area contributed by atoms with Gasteiger partial charge in [0.2, 0.25) is 0 Å². The van der Waals surface area contributed by atoms with Gasteiger partial charge in [0.25, 0.3) is 0 Å². The number of fused-ring (bicyclic) bond motifs is 3. The van der Waals surface area contributed by atoms with E-state index in [1.807, 2.05) is 6.08 Å². The number of rotatable bonds is 1. The zero-order valence-corrected chi connectivity index (χ0v) is 13.1. The Kier molecular flexibility index (Phi) is 2.07. The summed E-state index contributed by atoms with van der Waals surface area (Å²) in [5.41, 5.74) is 6.66. The fraction of sp³-hybridized carbons (Fsp3) is 0. The molecule has 0 amide bonds. The van der Waals surface area contributed by atoms with Gasteiger partial charge in [-0.25, -0.2) is 0 Å². The van der Waals surface area contributed by atoms with Crippen molar-refractivity contribution in [2.45, 2.75) is 0 Å². The van der Waals surface area contributed by atoms with Crippen molar-refractivity contribution >= 4 is 38.4 Å². The summed E-state index contributed by atoms with van der Waals surface area (Å²) in [7, 11) is 0. The minimum absolute atomic E-state index is 1.21. The van der Waals surface area contributed by atoms with Crippen LogP contribution in [0.5, 0.6) is 0 Å². The van der Waals surface area contributed by atoms with Crippen molar-refractivity contribution in [2.24, 2.45) is 0 Å². The Morgan fingerprint density at radius 1 is 0.583 bits per heavy atom. The van der Waals surface area contributed by atoms with Gasteiger partial charge in [-0.3, -0.25) is 0 Å². The fourth-order valence-corrected chi connectivity index (χ4v) is 4.51. The average Bonchev–Trinajstić information content (AvgIpc) is 2.97. The molecule has 0 fully saturated rings. The van der Waals surface area contributed by atoms with Crippen molar-refractivity contribution in [2.75, 3.05) is 0 Å². The molecule has 0 saturated heterocycles. The van der Waals surface area contributed by atoms with Crippen LogP contribution < -0.4 is 0 Å². The van der Waals surface area contributed by atoms with E-state index in [0.717, 1.165) is 0 Å². The Labute approximate surface area is 140 Å². The van der Waals surface area contributed by atoms with Crippen LogP contribution in [0.2, 0.25) is 0 Å². The Bertz CT molecular complexity index is 1300. The van der Waals surface area contributed by atoms with E-state index in [2.05, 4.69) is 73.3 Å². The Morgan fingerprint density at radius 3 is 2.17 bits per heavy atom. The minimum atomic E-state index is 1.21. The van der Waals surface area contributed by atoms with E-state index >= 15 is 0 Å². The molecule has 110 valence electrons. The summed E-state index contributed by atoms with van der Waals surface area (Å²) in [6, 6.07) is 24.6. The number of hydrogen-bond acceptors (Lipinski definition) is 0. The second kappa shape index (κ2) is 4.04.